The summed E-state index contributed by atoms with van der Waals surface area (Å²) in [4.78, 5) is 40.7. The molecule has 0 spiro atoms. The number of morpholine rings is 1. The Morgan fingerprint density at radius 2 is 1.98 bits per heavy atom. The second-order valence-electron chi connectivity index (χ2n) is 9.46. The van der Waals surface area contributed by atoms with Crippen LogP contribution in [-0.2, 0) is 14.3 Å². The number of rotatable bonds is 12. The number of hydrogen-bond acceptors (Lipinski definition) is 7. The number of nitrogens with zero attached hydrogens (tertiary/aromatic N) is 2. The van der Waals surface area contributed by atoms with Crippen molar-refractivity contribution in [1.29, 1.82) is 0 Å². The van der Waals surface area contributed by atoms with Crippen LogP contribution in [0, 0.1) is 5.92 Å². The summed E-state index contributed by atoms with van der Waals surface area (Å²) >= 11 is 6.82. The zero-order chi connectivity index (χ0) is 29.7. The molecule has 1 saturated heterocycles. The molecule has 224 valence electrons. The molecule has 1 saturated carbocycles. The molecule has 4 rings (SSSR count). The van der Waals surface area contributed by atoms with Crippen molar-refractivity contribution in [1.82, 2.24) is 10.2 Å². The van der Waals surface area contributed by atoms with E-state index in [4.69, 9.17) is 16.3 Å². The van der Waals surface area contributed by atoms with E-state index in [9.17, 15) is 36.3 Å². The van der Waals surface area contributed by atoms with Crippen LogP contribution in [0.4, 0.5) is 33.3 Å². The lowest BCUT2D eigenvalue weighted by Crippen LogP contribution is -2.54. The third-order valence-corrected chi connectivity index (χ3v) is 7.53. The van der Waals surface area contributed by atoms with Crippen molar-refractivity contribution in [3.63, 3.8) is 0 Å². The van der Waals surface area contributed by atoms with Gasteiger partial charge in [0.05, 0.1) is 28.1 Å². The van der Waals surface area contributed by atoms with Gasteiger partial charge >= 0.3 is 12.8 Å². The number of halogens is 6. The third kappa shape index (κ3) is 8.99. The van der Waals surface area contributed by atoms with E-state index in [1.807, 2.05) is 0 Å². The Morgan fingerprint density at radius 3 is 2.59 bits per heavy atom. The summed E-state index contributed by atoms with van der Waals surface area (Å²) in [7, 11) is 0. The Balaban J connectivity index is 1.59. The van der Waals surface area contributed by atoms with E-state index in [2.05, 4.69) is 15.4 Å². The van der Waals surface area contributed by atoms with Gasteiger partial charge in [0.25, 0.3) is 11.8 Å². The van der Waals surface area contributed by atoms with Crippen LogP contribution in [-0.4, -0.2) is 80.8 Å². The lowest BCUT2D eigenvalue weighted by molar-refractivity contribution is -0.154. The fourth-order valence-electron chi connectivity index (χ4n) is 4.25. The lowest BCUT2D eigenvalue weighted by atomic mass is 10.1. The van der Waals surface area contributed by atoms with E-state index in [1.165, 1.54) is 29.2 Å². The maximum absolute atomic E-state index is 13.5. The summed E-state index contributed by atoms with van der Waals surface area (Å²) in [5.74, 6) is -2.58. The first kappa shape index (κ1) is 30.9. The van der Waals surface area contributed by atoms with Crippen molar-refractivity contribution in [2.75, 3.05) is 49.6 Å². The number of nitrogens with one attached hydrogen (secondary N) is 2. The normalized spacial score (nSPS) is 16.7. The molecule has 1 aromatic heterocycles. The smallest absolute Gasteiger partial charge is 0.401 e. The molecule has 41 heavy (non-hydrogen) atoms. The van der Waals surface area contributed by atoms with Gasteiger partial charge in [-0.25, -0.2) is 0 Å². The Labute approximate surface area is 240 Å². The van der Waals surface area contributed by atoms with Gasteiger partial charge in [0, 0.05) is 31.4 Å². The van der Waals surface area contributed by atoms with Crippen LogP contribution >= 0.6 is 22.9 Å². The third-order valence-electron chi connectivity index (χ3n) is 6.31. The maximum atomic E-state index is 13.5. The number of hydrogen-bond donors (Lipinski definition) is 2. The largest absolute Gasteiger partial charge is 0.433 e. The minimum Gasteiger partial charge on any atom is -0.433 e. The number of benzene rings is 1. The summed E-state index contributed by atoms with van der Waals surface area (Å²) in [6.07, 6.45) is -3.28. The second-order valence-corrected chi connectivity index (χ2v) is 11.2. The summed E-state index contributed by atoms with van der Waals surface area (Å²) in [5, 5.41) is 4.86. The highest BCUT2D eigenvalue weighted by atomic mass is 35.5. The van der Waals surface area contributed by atoms with Crippen LogP contribution in [0.3, 0.4) is 0 Å². The van der Waals surface area contributed by atoms with Crippen LogP contribution in [0.1, 0.15) is 22.5 Å². The molecular weight excluding hydrogens is 599 g/mol. The van der Waals surface area contributed by atoms with Crippen LogP contribution in [0.5, 0.6) is 5.75 Å². The molecule has 1 aliphatic heterocycles. The Kier molecular flexibility index (Phi) is 10.0. The summed E-state index contributed by atoms with van der Waals surface area (Å²) in [5.41, 5.74) is -0.0442. The molecule has 0 radical (unpaired) electrons. The van der Waals surface area contributed by atoms with Gasteiger partial charge in [0.15, 0.2) is 5.75 Å². The fraction of sp³-hybridized carbons (Fsp3) is 0.480. The predicted molar refractivity (Wildman–Crippen MR) is 141 cm³/mol. The standard InChI is InChI=1S/C25H26ClF5N4O5S/c26-20-6-5-19(41-20)23(38)32-10-17(34(11-14-1-2-14)13-25(29,30)31)22(37)33-16-4-3-15(9-18(16)40-24(27)28)35-7-8-39-12-21(35)36/h3-6,9,14,17,24H,1-2,7-8,10-13H2,(H,32,38)(H,33,37)/t17-/m0/s1. The van der Waals surface area contributed by atoms with Gasteiger partial charge in [-0.1, -0.05) is 11.6 Å². The molecule has 0 unspecified atom stereocenters. The van der Waals surface area contributed by atoms with Crippen LogP contribution in [0.2, 0.25) is 4.34 Å². The van der Waals surface area contributed by atoms with Gasteiger partial charge < -0.3 is 25.0 Å². The number of amides is 3. The SMILES string of the molecule is O=C(NC[C@@H](C(=O)Nc1ccc(N2CCOCC2=O)cc1OC(F)F)N(CC1CC1)CC(F)(F)F)c1ccc(Cl)s1. The maximum Gasteiger partial charge on any atom is 0.401 e. The minimum atomic E-state index is -4.66. The Hall–Kier alpha value is -3.01. The van der Waals surface area contributed by atoms with E-state index in [-0.39, 0.29) is 48.5 Å². The van der Waals surface area contributed by atoms with E-state index >= 15 is 0 Å². The highest BCUT2D eigenvalue weighted by molar-refractivity contribution is 7.18. The first-order valence-electron chi connectivity index (χ1n) is 12.5. The molecule has 2 heterocycles. The summed E-state index contributed by atoms with van der Waals surface area (Å²) in [6.45, 7) is -5.12. The molecule has 16 heteroatoms. The minimum absolute atomic E-state index is 0.0532. The van der Waals surface area contributed by atoms with Crippen molar-refractivity contribution in [2.45, 2.75) is 31.7 Å². The molecule has 2 fully saturated rings. The van der Waals surface area contributed by atoms with E-state index in [0.29, 0.717) is 17.2 Å². The molecule has 2 N–H and O–H groups in total. The summed E-state index contributed by atoms with van der Waals surface area (Å²) < 4.78 is 77.1. The molecule has 2 aromatic rings. The van der Waals surface area contributed by atoms with Crippen molar-refractivity contribution >= 4 is 52.0 Å². The predicted octanol–water partition coefficient (Wildman–Crippen LogP) is 4.38. The quantitative estimate of drug-likeness (QED) is 0.340. The van der Waals surface area contributed by atoms with Crippen molar-refractivity contribution in [3.05, 3.63) is 39.5 Å². The van der Waals surface area contributed by atoms with Gasteiger partial charge in [0.2, 0.25) is 5.91 Å². The van der Waals surface area contributed by atoms with Crippen LogP contribution in [0.25, 0.3) is 0 Å². The van der Waals surface area contributed by atoms with Gasteiger partial charge in [-0.3, -0.25) is 19.3 Å². The molecule has 1 aliphatic carbocycles. The van der Waals surface area contributed by atoms with Crippen LogP contribution < -0.4 is 20.3 Å². The molecule has 1 atom stereocenters. The Morgan fingerprint density at radius 1 is 1.22 bits per heavy atom. The van der Waals surface area contributed by atoms with Crippen molar-refractivity contribution in [3.8, 4) is 5.75 Å². The van der Waals surface area contributed by atoms with Crippen molar-refractivity contribution in [2.24, 2.45) is 5.92 Å². The first-order chi connectivity index (χ1) is 19.4. The van der Waals surface area contributed by atoms with Crippen LogP contribution in [0.15, 0.2) is 30.3 Å². The van der Waals surface area contributed by atoms with E-state index in [1.54, 1.807) is 0 Å². The van der Waals surface area contributed by atoms with Crippen molar-refractivity contribution < 1.29 is 45.8 Å². The lowest BCUT2D eigenvalue weighted by Gasteiger charge is -2.32. The number of ether oxygens (including phenoxy) is 2. The Bertz CT molecular complexity index is 1260. The first-order valence-corrected chi connectivity index (χ1v) is 13.7. The van der Waals surface area contributed by atoms with Gasteiger partial charge in [-0.05, 0) is 43.0 Å². The zero-order valence-electron chi connectivity index (χ0n) is 21.4. The molecular formula is C25H26ClF5N4O5S. The molecule has 3 amide bonds. The molecule has 1 aromatic carbocycles. The topological polar surface area (TPSA) is 100 Å². The van der Waals surface area contributed by atoms with E-state index in [0.717, 1.165) is 22.3 Å². The average Bonchev–Trinajstić information content (AvgIpc) is 3.60. The number of carbonyl (C=O) groups excluding carboxylic acids is 3. The number of carbonyl (C=O) groups is 3. The summed E-state index contributed by atoms with van der Waals surface area (Å²) in [6, 6.07) is 5.12. The number of thiophene rings is 1. The number of anilines is 2. The molecule has 9 nitrogen and oxygen atoms in total. The monoisotopic (exact) mass is 624 g/mol. The highest BCUT2D eigenvalue weighted by Crippen LogP contribution is 2.34. The zero-order valence-corrected chi connectivity index (χ0v) is 23.0. The second kappa shape index (κ2) is 13.3. The van der Waals surface area contributed by atoms with Gasteiger partial charge in [0.1, 0.15) is 12.6 Å². The molecule has 2 aliphatic rings. The van der Waals surface area contributed by atoms with Gasteiger partial charge in [-0.15, -0.1) is 11.3 Å². The fourth-order valence-corrected chi connectivity index (χ4v) is 5.21. The molecule has 0 bridgehead atoms. The van der Waals surface area contributed by atoms with Gasteiger partial charge in [-0.2, -0.15) is 22.0 Å². The highest BCUT2D eigenvalue weighted by Gasteiger charge is 2.39. The average molecular weight is 625 g/mol. The van der Waals surface area contributed by atoms with E-state index < -0.39 is 55.4 Å². The number of alkyl halides is 5.